The van der Waals surface area contributed by atoms with Gasteiger partial charge in [0.05, 0.1) is 0 Å². The standard InChI is InChI=1S/C14H25NS/c1-4-5-6-7-8-12(2)15-11-14-10-9-13(3)16-14/h9-10,12,15H,4-8,11H2,1-3H3. The Kier molecular flexibility index (Phi) is 6.74. The maximum Gasteiger partial charge on any atom is 0.0302 e. The number of hydrogen-bond acceptors (Lipinski definition) is 2. The zero-order chi connectivity index (χ0) is 11.8. The highest BCUT2D eigenvalue weighted by Crippen LogP contribution is 2.15. The van der Waals surface area contributed by atoms with Crippen molar-refractivity contribution in [3.05, 3.63) is 21.9 Å². The van der Waals surface area contributed by atoms with Crippen LogP contribution in [0.3, 0.4) is 0 Å². The first-order valence-electron chi connectivity index (χ1n) is 6.51. The van der Waals surface area contributed by atoms with Crippen LogP contribution in [0.1, 0.15) is 55.7 Å². The van der Waals surface area contributed by atoms with Gasteiger partial charge in [-0.2, -0.15) is 0 Å². The van der Waals surface area contributed by atoms with Crippen LogP contribution in [0.5, 0.6) is 0 Å². The zero-order valence-electron chi connectivity index (χ0n) is 10.9. The number of rotatable bonds is 8. The van der Waals surface area contributed by atoms with Crippen molar-refractivity contribution in [2.45, 2.75) is 65.5 Å². The quantitative estimate of drug-likeness (QED) is 0.658. The van der Waals surface area contributed by atoms with Crippen molar-refractivity contribution in [3.8, 4) is 0 Å². The molecular formula is C14H25NS. The fraction of sp³-hybridized carbons (Fsp3) is 0.714. The fourth-order valence-electron chi connectivity index (χ4n) is 1.83. The highest BCUT2D eigenvalue weighted by atomic mass is 32.1. The molecule has 0 aromatic carbocycles. The van der Waals surface area contributed by atoms with Crippen LogP contribution in [-0.2, 0) is 6.54 Å². The molecule has 1 rings (SSSR count). The van der Waals surface area contributed by atoms with Gasteiger partial charge >= 0.3 is 0 Å². The van der Waals surface area contributed by atoms with Gasteiger partial charge in [0, 0.05) is 22.3 Å². The number of nitrogens with one attached hydrogen (secondary N) is 1. The number of unbranched alkanes of at least 4 members (excludes halogenated alkanes) is 3. The molecule has 1 heterocycles. The Morgan fingerprint density at radius 2 is 2.06 bits per heavy atom. The molecule has 1 aromatic heterocycles. The second-order valence-electron chi connectivity index (χ2n) is 4.64. The lowest BCUT2D eigenvalue weighted by atomic mass is 10.1. The first-order valence-corrected chi connectivity index (χ1v) is 7.32. The Bertz CT molecular complexity index is 280. The van der Waals surface area contributed by atoms with Crippen LogP contribution in [0.25, 0.3) is 0 Å². The molecule has 1 N–H and O–H groups in total. The Morgan fingerprint density at radius 1 is 1.25 bits per heavy atom. The summed E-state index contributed by atoms with van der Waals surface area (Å²) in [5, 5.41) is 3.60. The van der Waals surface area contributed by atoms with Crippen LogP contribution in [0.2, 0.25) is 0 Å². The molecule has 1 atom stereocenters. The molecule has 1 aromatic rings. The molecule has 92 valence electrons. The van der Waals surface area contributed by atoms with E-state index >= 15 is 0 Å². The summed E-state index contributed by atoms with van der Waals surface area (Å²) >= 11 is 1.90. The van der Waals surface area contributed by atoms with Crippen LogP contribution in [0.4, 0.5) is 0 Å². The first kappa shape index (κ1) is 13.7. The Labute approximate surface area is 104 Å². The van der Waals surface area contributed by atoms with Crippen LogP contribution >= 0.6 is 11.3 Å². The molecule has 0 amide bonds. The molecule has 0 aliphatic heterocycles. The normalized spacial score (nSPS) is 12.9. The smallest absolute Gasteiger partial charge is 0.0302 e. The van der Waals surface area contributed by atoms with E-state index in [2.05, 4.69) is 38.2 Å². The van der Waals surface area contributed by atoms with Gasteiger partial charge in [0.15, 0.2) is 0 Å². The van der Waals surface area contributed by atoms with Crippen molar-refractivity contribution in [2.24, 2.45) is 0 Å². The summed E-state index contributed by atoms with van der Waals surface area (Å²) in [6, 6.07) is 5.09. The second kappa shape index (κ2) is 7.86. The number of aryl methyl sites for hydroxylation is 1. The van der Waals surface area contributed by atoms with Gasteiger partial charge in [-0.1, -0.05) is 32.6 Å². The summed E-state index contributed by atoms with van der Waals surface area (Å²) in [5.41, 5.74) is 0. The van der Waals surface area contributed by atoms with Crippen molar-refractivity contribution in [2.75, 3.05) is 0 Å². The van der Waals surface area contributed by atoms with E-state index in [0.717, 1.165) is 6.54 Å². The van der Waals surface area contributed by atoms with Crippen LogP contribution < -0.4 is 5.32 Å². The molecule has 0 bridgehead atoms. The van der Waals surface area contributed by atoms with Gasteiger partial charge in [0.2, 0.25) is 0 Å². The number of thiophene rings is 1. The summed E-state index contributed by atoms with van der Waals surface area (Å²) in [6.07, 6.45) is 6.78. The number of hydrogen-bond donors (Lipinski definition) is 1. The lowest BCUT2D eigenvalue weighted by Gasteiger charge is -2.12. The van der Waals surface area contributed by atoms with Gasteiger partial charge in [0.1, 0.15) is 0 Å². The third kappa shape index (κ3) is 5.66. The molecule has 16 heavy (non-hydrogen) atoms. The minimum absolute atomic E-state index is 0.652. The van der Waals surface area contributed by atoms with Gasteiger partial charge in [-0.05, 0) is 32.4 Å². The lowest BCUT2D eigenvalue weighted by Crippen LogP contribution is -2.24. The molecule has 0 spiro atoms. The van der Waals surface area contributed by atoms with Gasteiger partial charge in [-0.15, -0.1) is 11.3 Å². The predicted octanol–water partition coefficient (Wildman–Crippen LogP) is 4.51. The molecular weight excluding hydrogens is 214 g/mol. The maximum absolute atomic E-state index is 3.60. The predicted molar refractivity (Wildman–Crippen MR) is 74.1 cm³/mol. The molecule has 1 unspecified atom stereocenters. The minimum atomic E-state index is 0.652. The third-order valence-electron chi connectivity index (χ3n) is 2.91. The highest BCUT2D eigenvalue weighted by molar-refractivity contribution is 7.11. The average Bonchev–Trinajstić information content (AvgIpc) is 2.68. The monoisotopic (exact) mass is 239 g/mol. The lowest BCUT2D eigenvalue weighted by molar-refractivity contribution is 0.484. The molecule has 2 heteroatoms. The van der Waals surface area contributed by atoms with E-state index < -0.39 is 0 Å². The van der Waals surface area contributed by atoms with Crippen molar-refractivity contribution in [3.63, 3.8) is 0 Å². The summed E-state index contributed by atoms with van der Waals surface area (Å²) in [5.74, 6) is 0. The van der Waals surface area contributed by atoms with Crippen LogP contribution in [-0.4, -0.2) is 6.04 Å². The molecule has 0 fully saturated rings. The van der Waals surface area contributed by atoms with E-state index in [0.29, 0.717) is 6.04 Å². The van der Waals surface area contributed by atoms with Crippen LogP contribution in [0, 0.1) is 6.92 Å². The van der Waals surface area contributed by atoms with E-state index in [9.17, 15) is 0 Å². The van der Waals surface area contributed by atoms with Crippen molar-refractivity contribution < 1.29 is 0 Å². The SMILES string of the molecule is CCCCCCC(C)NCc1ccc(C)s1. The topological polar surface area (TPSA) is 12.0 Å². The van der Waals surface area contributed by atoms with Crippen molar-refractivity contribution >= 4 is 11.3 Å². The third-order valence-corrected chi connectivity index (χ3v) is 3.91. The van der Waals surface area contributed by atoms with E-state index in [1.165, 1.54) is 41.9 Å². The molecule has 0 saturated carbocycles. The van der Waals surface area contributed by atoms with Gasteiger partial charge in [0.25, 0.3) is 0 Å². The molecule has 0 saturated heterocycles. The first-order chi connectivity index (χ1) is 7.72. The van der Waals surface area contributed by atoms with Crippen molar-refractivity contribution in [1.29, 1.82) is 0 Å². The minimum Gasteiger partial charge on any atom is -0.309 e. The Hall–Kier alpha value is -0.340. The highest BCUT2D eigenvalue weighted by Gasteiger charge is 2.02. The Morgan fingerprint density at radius 3 is 2.69 bits per heavy atom. The van der Waals surface area contributed by atoms with E-state index in [1.807, 2.05) is 11.3 Å². The molecule has 0 aliphatic rings. The largest absolute Gasteiger partial charge is 0.309 e. The molecule has 0 aliphatic carbocycles. The molecule has 1 nitrogen and oxygen atoms in total. The van der Waals surface area contributed by atoms with Gasteiger partial charge in [-0.3, -0.25) is 0 Å². The summed E-state index contributed by atoms with van der Waals surface area (Å²) in [7, 11) is 0. The van der Waals surface area contributed by atoms with E-state index in [4.69, 9.17) is 0 Å². The van der Waals surface area contributed by atoms with Crippen LogP contribution in [0.15, 0.2) is 12.1 Å². The van der Waals surface area contributed by atoms with E-state index in [1.54, 1.807) is 0 Å². The summed E-state index contributed by atoms with van der Waals surface area (Å²) < 4.78 is 0. The zero-order valence-corrected chi connectivity index (χ0v) is 11.7. The van der Waals surface area contributed by atoms with Crippen molar-refractivity contribution in [1.82, 2.24) is 5.32 Å². The van der Waals surface area contributed by atoms with Gasteiger partial charge in [-0.25, -0.2) is 0 Å². The van der Waals surface area contributed by atoms with E-state index in [-0.39, 0.29) is 0 Å². The maximum atomic E-state index is 3.60. The fourth-order valence-corrected chi connectivity index (χ4v) is 2.68. The second-order valence-corrected chi connectivity index (χ2v) is 6.02. The molecule has 0 radical (unpaired) electrons. The average molecular weight is 239 g/mol. The Balaban J connectivity index is 2.08. The van der Waals surface area contributed by atoms with Gasteiger partial charge < -0.3 is 5.32 Å². The summed E-state index contributed by atoms with van der Waals surface area (Å²) in [6.45, 7) is 7.77. The summed E-state index contributed by atoms with van der Waals surface area (Å²) in [4.78, 5) is 2.87.